The van der Waals surface area contributed by atoms with Crippen LogP contribution in [0.15, 0.2) is 47.4 Å². The lowest BCUT2D eigenvalue weighted by atomic mass is 10.1. The molecule has 7 nitrogen and oxygen atoms in total. The second-order valence-electron chi connectivity index (χ2n) is 6.29. The van der Waals surface area contributed by atoms with Crippen molar-refractivity contribution in [2.45, 2.75) is 37.1 Å². The minimum Gasteiger partial charge on any atom is -0.480 e. The molecule has 2 aromatic rings. The van der Waals surface area contributed by atoms with Gasteiger partial charge in [-0.05, 0) is 48.9 Å². The molecule has 10 heteroatoms. The number of carbonyl (C=O) groups is 2. The van der Waals surface area contributed by atoms with E-state index in [9.17, 15) is 23.1 Å². The zero-order valence-electron chi connectivity index (χ0n) is 15.5. The molecule has 0 fully saturated rings. The van der Waals surface area contributed by atoms with E-state index < -0.39 is 27.9 Å². The Balaban J connectivity index is 2.11. The minimum absolute atomic E-state index is 0.1000. The van der Waals surface area contributed by atoms with Gasteiger partial charge in [0.05, 0.1) is 4.90 Å². The Kier molecular flexibility index (Phi) is 7.89. The summed E-state index contributed by atoms with van der Waals surface area (Å²) >= 11 is 11.7. The molecule has 0 spiro atoms. The number of carboxylic acids is 1. The molecule has 1 atom stereocenters. The first-order chi connectivity index (χ1) is 13.6. The molecule has 1 amide bonds. The van der Waals surface area contributed by atoms with Crippen molar-refractivity contribution in [1.82, 2.24) is 5.32 Å². The number of benzene rings is 2. The Morgan fingerprint density at radius 3 is 2.17 bits per heavy atom. The third kappa shape index (κ3) is 6.62. The number of hydrogen-bond acceptors (Lipinski definition) is 4. The molecule has 0 heterocycles. The van der Waals surface area contributed by atoms with Gasteiger partial charge in [0, 0.05) is 21.3 Å². The number of halogens is 2. The van der Waals surface area contributed by atoms with Crippen LogP contribution in [0.4, 0.5) is 5.69 Å². The number of aliphatic carboxylic acids is 1. The number of unbranched alkanes of at least 4 members (excludes halogenated alkanes) is 1. The van der Waals surface area contributed by atoms with Crippen LogP contribution in [-0.2, 0) is 14.8 Å². The second kappa shape index (κ2) is 9.96. The number of amides is 1. The van der Waals surface area contributed by atoms with E-state index in [0.717, 1.165) is 6.42 Å². The SMILES string of the molecule is CCCCC(NC(=O)c1ccc(NS(=O)(=O)c2cc(Cl)cc(Cl)c2)cc1)C(=O)O. The number of anilines is 1. The van der Waals surface area contributed by atoms with Crippen molar-refractivity contribution in [1.29, 1.82) is 0 Å². The van der Waals surface area contributed by atoms with Gasteiger partial charge in [0.2, 0.25) is 0 Å². The monoisotopic (exact) mass is 458 g/mol. The second-order valence-corrected chi connectivity index (χ2v) is 8.85. The number of sulfonamides is 1. The van der Waals surface area contributed by atoms with Gasteiger partial charge in [-0.2, -0.15) is 0 Å². The molecular formula is C19H20Cl2N2O5S. The van der Waals surface area contributed by atoms with Crippen molar-refractivity contribution < 1.29 is 23.1 Å². The summed E-state index contributed by atoms with van der Waals surface area (Å²) in [5, 5.41) is 12.0. The highest BCUT2D eigenvalue weighted by molar-refractivity contribution is 7.92. The van der Waals surface area contributed by atoms with E-state index in [1.54, 1.807) is 0 Å². The Morgan fingerprint density at radius 2 is 1.66 bits per heavy atom. The van der Waals surface area contributed by atoms with Gasteiger partial charge >= 0.3 is 5.97 Å². The summed E-state index contributed by atoms with van der Waals surface area (Å²) in [7, 11) is -3.93. The first-order valence-corrected chi connectivity index (χ1v) is 11.0. The fourth-order valence-electron chi connectivity index (χ4n) is 2.49. The molecule has 2 rings (SSSR count). The van der Waals surface area contributed by atoms with Crippen LogP contribution >= 0.6 is 23.2 Å². The highest BCUT2D eigenvalue weighted by Gasteiger charge is 2.20. The molecule has 156 valence electrons. The molecule has 0 saturated heterocycles. The fraction of sp³-hybridized carbons (Fsp3) is 0.263. The van der Waals surface area contributed by atoms with E-state index in [1.807, 2.05) is 6.92 Å². The third-order valence-electron chi connectivity index (χ3n) is 4.00. The highest BCUT2D eigenvalue weighted by atomic mass is 35.5. The molecule has 0 aliphatic carbocycles. The van der Waals surface area contributed by atoms with Crippen LogP contribution in [0, 0.1) is 0 Å². The van der Waals surface area contributed by atoms with E-state index in [2.05, 4.69) is 10.0 Å². The molecule has 0 radical (unpaired) electrons. The Bertz CT molecular complexity index is 974. The van der Waals surface area contributed by atoms with Crippen LogP contribution in [0.1, 0.15) is 36.5 Å². The lowest BCUT2D eigenvalue weighted by Gasteiger charge is -2.14. The Labute approximate surface area is 179 Å². The lowest BCUT2D eigenvalue weighted by Crippen LogP contribution is -2.40. The molecule has 0 aromatic heterocycles. The topological polar surface area (TPSA) is 113 Å². The van der Waals surface area contributed by atoms with Crippen LogP contribution in [-0.4, -0.2) is 31.4 Å². The van der Waals surface area contributed by atoms with Gasteiger partial charge in [0.1, 0.15) is 6.04 Å². The number of rotatable bonds is 9. The van der Waals surface area contributed by atoms with Crippen molar-refractivity contribution in [3.63, 3.8) is 0 Å². The van der Waals surface area contributed by atoms with Gasteiger partial charge in [-0.15, -0.1) is 0 Å². The van der Waals surface area contributed by atoms with Gasteiger partial charge in [-0.1, -0.05) is 43.0 Å². The van der Waals surface area contributed by atoms with Crippen molar-refractivity contribution in [3.05, 3.63) is 58.1 Å². The van der Waals surface area contributed by atoms with Crippen molar-refractivity contribution in [2.75, 3.05) is 4.72 Å². The van der Waals surface area contributed by atoms with Crippen molar-refractivity contribution in [2.24, 2.45) is 0 Å². The molecule has 2 aromatic carbocycles. The quantitative estimate of drug-likeness (QED) is 0.521. The zero-order chi connectivity index (χ0) is 21.6. The minimum atomic E-state index is -3.93. The van der Waals surface area contributed by atoms with Crippen LogP contribution in [0.5, 0.6) is 0 Å². The van der Waals surface area contributed by atoms with Crippen LogP contribution < -0.4 is 10.0 Å². The van der Waals surface area contributed by atoms with Gasteiger partial charge in [0.25, 0.3) is 15.9 Å². The molecule has 0 bridgehead atoms. The van der Waals surface area contributed by atoms with Crippen molar-refractivity contribution in [3.8, 4) is 0 Å². The molecule has 3 N–H and O–H groups in total. The van der Waals surface area contributed by atoms with E-state index in [4.69, 9.17) is 23.2 Å². The largest absolute Gasteiger partial charge is 0.480 e. The predicted octanol–water partition coefficient (Wildman–Crippen LogP) is 4.17. The molecule has 0 aliphatic rings. The molecular weight excluding hydrogens is 439 g/mol. The van der Waals surface area contributed by atoms with Gasteiger partial charge in [-0.3, -0.25) is 9.52 Å². The number of carboxylic acid groups (broad SMARTS) is 1. The summed E-state index contributed by atoms with van der Waals surface area (Å²) in [5.41, 5.74) is 0.430. The average Bonchev–Trinajstić information content (AvgIpc) is 2.64. The molecule has 0 aliphatic heterocycles. The van der Waals surface area contributed by atoms with E-state index >= 15 is 0 Å². The van der Waals surface area contributed by atoms with Crippen LogP contribution in [0.25, 0.3) is 0 Å². The Hall–Kier alpha value is -2.29. The maximum atomic E-state index is 12.5. The van der Waals surface area contributed by atoms with Crippen molar-refractivity contribution >= 4 is 50.8 Å². The van der Waals surface area contributed by atoms with E-state index in [-0.39, 0.29) is 26.2 Å². The summed E-state index contributed by atoms with van der Waals surface area (Å²) in [6, 6.07) is 8.57. The lowest BCUT2D eigenvalue weighted by molar-refractivity contribution is -0.139. The maximum absolute atomic E-state index is 12.5. The van der Waals surface area contributed by atoms with E-state index in [1.165, 1.54) is 42.5 Å². The summed E-state index contributed by atoms with van der Waals surface area (Å²) in [4.78, 5) is 23.4. The fourth-order valence-corrected chi connectivity index (χ4v) is 4.28. The summed E-state index contributed by atoms with van der Waals surface area (Å²) in [6.07, 6.45) is 1.81. The number of carbonyl (C=O) groups excluding carboxylic acids is 1. The number of hydrogen-bond donors (Lipinski definition) is 3. The standard InChI is InChI=1S/C19H20Cl2N2O5S/c1-2-3-4-17(19(25)26)22-18(24)12-5-7-15(8-6-12)23-29(27,28)16-10-13(20)9-14(21)11-16/h5-11,17,23H,2-4H2,1H3,(H,22,24)(H,25,26). The maximum Gasteiger partial charge on any atom is 0.326 e. The first kappa shape index (κ1) is 23.0. The van der Waals surface area contributed by atoms with Crippen LogP contribution in [0.3, 0.4) is 0 Å². The molecule has 1 unspecified atom stereocenters. The van der Waals surface area contributed by atoms with Gasteiger partial charge in [-0.25, -0.2) is 13.2 Å². The van der Waals surface area contributed by atoms with E-state index in [0.29, 0.717) is 12.8 Å². The van der Waals surface area contributed by atoms with Gasteiger partial charge in [0.15, 0.2) is 0 Å². The zero-order valence-corrected chi connectivity index (χ0v) is 17.8. The average molecular weight is 459 g/mol. The summed E-state index contributed by atoms with van der Waals surface area (Å²) < 4.78 is 27.3. The predicted molar refractivity (Wildman–Crippen MR) is 112 cm³/mol. The Morgan fingerprint density at radius 1 is 1.07 bits per heavy atom. The smallest absolute Gasteiger partial charge is 0.326 e. The summed E-state index contributed by atoms with van der Waals surface area (Å²) in [6.45, 7) is 1.93. The van der Waals surface area contributed by atoms with Crippen LogP contribution in [0.2, 0.25) is 10.0 Å². The molecule has 0 saturated carbocycles. The highest BCUT2D eigenvalue weighted by Crippen LogP contribution is 2.24. The summed E-state index contributed by atoms with van der Waals surface area (Å²) in [5.74, 6) is -1.65. The molecule has 29 heavy (non-hydrogen) atoms. The third-order valence-corrected chi connectivity index (χ3v) is 5.79. The van der Waals surface area contributed by atoms with Gasteiger partial charge < -0.3 is 10.4 Å². The first-order valence-electron chi connectivity index (χ1n) is 8.75. The normalized spacial score (nSPS) is 12.2. The number of nitrogens with one attached hydrogen (secondary N) is 2.